The van der Waals surface area contributed by atoms with E-state index in [9.17, 15) is 4.79 Å². The number of methoxy groups -OCH3 is 1. The van der Waals surface area contributed by atoms with Crippen molar-refractivity contribution in [2.24, 2.45) is 0 Å². The first-order chi connectivity index (χ1) is 14.2. The molecule has 150 valence electrons. The molecule has 3 aromatic rings. The summed E-state index contributed by atoms with van der Waals surface area (Å²) < 4.78 is 13.2. The first-order valence-electron chi connectivity index (χ1n) is 9.72. The van der Waals surface area contributed by atoms with Crippen LogP contribution in [-0.2, 0) is 6.54 Å². The van der Waals surface area contributed by atoms with Crippen molar-refractivity contribution < 1.29 is 14.3 Å². The number of aromatic nitrogens is 4. The van der Waals surface area contributed by atoms with Crippen molar-refractivity contribution in [3.05, 3.63) is 48.3 Å². The smallest absolute Gasteiger partial charge is 0.260 e. The first-order valence-corrected chi connectivity index (χ1v) is 9.72. The highest BCUT2D eigenvalue weighted by atomic mass is 16.5. The largest absolute Gasteiger partial charge is 0.497 e. The zero-order valence-corrected chi connectivity index (χ0v) is 16.3. The molecule has 0 radical (unpaired) electrons. The molecule has 0 atom stereocenters. The van der Waals surface area contributed by atoms with Gasteiger partial charge in [0.05, 0.1) is 19.3 Å². The van der Waals surface area contributed by atoms with Crippen molar-refractivity contribution >= 4 is 11.7 Å². The first kappa shape index (κ1) is 18.9. The molecule has 8 nitrogen and oxygen atoms in total. The predicted molar refractivity (Wildman–Crippen MR) is 108 cm³/mol. The molecule has 1 aliphatic heterocycles. The summed E-state index contributed by atoms with van der Waals surface area (Å²) in [5, 5.41) is 11.1. The summed E-state index contributed by atoms with van der Waals surface area (Å²) in [4.78, 5) is 17.5. The molecule has 1 aliphatic rings. The molecule has 1 aromatic carbocycles. The predicted octanol–water partition coefficient (Wildman–Crippen LogP) is 3.55. The molecule has 2 aromatic heterocycles. The van der Waals surface area contributed by atoms with Crippen LogP contribution >= 0.6 is 0 Å². The van der Waals surface area contributed by atoms with Gasteiger partial charge in [0.2, 0.25) is 0 Å². The van der Waals surface area contributed by atoms with E-state index in [0.717, 1.165) is 32.2 Å². The van der Waals surface area contributed by atoms with Gasteiger partial charge in [-0.25, -0.2) is 4.98 Å². The van der Waals surface area contributed by atoms with E-state index in [0.29, 0.717) is 41.0 Å². The fraction of sp³-hybridized carbons (Fsp3) is 0.333. The van der Waals surface area contributed by atoms with Crippen molar-refractivity contribution in [2.45, 2.75) is 32.2 Å². The topological polar surface area (TPSA) is 91.2 Å². The molecule has 0 spiro atoms. The van der Waals surface area contributed by atoms with Gasteiger partial charge in [0.15, 0.2) is 5.82 Å². The number of carbonyl (C=O) groups excluding carboxylic acids is 1. The van der Waals surface area contributed by atoms with Gasteiger partial charge < -0.3 is 19.4 Å². The number of aryl methyl sites for hydroxylation is 1. The second kappa shape index (κ2) is 8.72. The van der Waals surface area contributed by atoms with Crippen LogP contribution in [0.2, 0.25) is 0 Å². The maximum atomic E-state index is 12.9. The van der Waals surface area contributed by atoms with E-state index in [1.54, 1.807) is 37.7 Å². The summed E-state index contributed by atoms with van der Waals surface area (Å²) in [6.07, 6.45) is 5.78. The molecular formula is C21H23N5O3. The van der Waals surface area contributed by atoms with Crippen molar-refractivity contribution in [1.29, 1.82) is 0 Å². The van der Waals surface area contributed by atoms with Crippen LogP contribution in [0.5, 0.6) is 11.5 Å². The lowest BCUT2D eigenvalue weighted by atomic mass is 10.1. The van der Waals surface area contributed by atoms with Gasteiger partial charge in [-0.05, 0) is 43.2 Å². The van der Waals surface area contributed by atoms with Gasteiger partial charge in [-0.2, -0.15) is 0 Å². The molecule has 1 N–H and O–H groups in total. The highest BCUT2D eigenvalue weighted by molar-refractivity contribution is 6.06. The normalized spacial score (nSPS) is 14.9. The molecule has 0 saturated carbocycles. The second-order valence-corrected chi connectivity index (χ2v) is 6.83. The van der Waals surface area contributed by atoms with Crippen molar-refractivity contribution in [1.82, 2.24) is 19.7 Å². The van der Waals surface area contributed by atoms with Crippen LogP contribution in [0.3, 0.4) is 0 Å². The Hall–Kier alpha value is -3.42. The molecule has 0 fully saturated rings. The van der Waals surface area contributed by atoms with Crippen molar-refractivity contribution in [2.75, 3.05) is 19.0 Å². The number of pyridine rings is 1. The second-order valence-electron chi connectivity index (χ2n) is 6.83. The molecule has 1 amide bonds. The Labute approximate surface area is 168 Å². The maximum Gasteiger partial charge on any atom is 0.260 e. The third kappa shape index (κ3) is 4.37. The third-order valence-corrected chi connectivity index (χ3v) is 4.82. The summed E-state index contributed by atoms with van der Waals surface area (Å²) >= 11 is 0. The zero-order valence-electron chi connectivity index (χ0n) is 16.3. The third-order valence-electron chi connectivity index (χ3n) is 4.82. The minimum absolute atomic E-state index is 0.308. The Bertz CT molecular complexity index is 1000. The van der Waals surface area contributed by atoms with Gasteiger partial charge in [-0.1, -0.05) is 18.9 Å². The van der Waals surface area contributed by atoms with Crippen molar-refractivity contribution in [3.63, 3.8) is 0 Å². The summed E-state index contributed by atoms with van der Waals surface area (Å²) in [6.45, 7) is 1.38. The molecule has 4 rings (SSSR count). The molecule has 29 heavy (non-hydrogen) atoms. The lowest BCUT2D eigenvalue weighted by Gasteiger charge is -2.14. The number of ether oxygens (including phenoxy) is 2. The Balaban J connectivity index is 1.69. The number of hydrogen-bond acceptors (Lipinski definition) is 6. The quantitative estimate of drug-likeness (QED) is 0.680. The van der Waals surface area contributed by atoms with Gasteiger partial charge in [-0.15, -0.1) is 10.2 Å². The summed E-state index contributed by atoms with van der Waals surface area (Å²) in [5.41, 5.74) is 1.07. The monoisotopic (exact) mass is 393 g/mol. The van der Waals surface area contributed by atoms with E-state index in [2.05, 4.69) is 20.5 Å². The van der Waals surface area contributed by atoms with Crippen LogP contribution in [0.1, 0.15) is 36.0 Å². The van der Waals surface area contributed by atoms with E-state index < -0.39 is 0 Å². The summed E-state index contributed by atoms with van der Waals surface area (Å²) in [7, 11) is 1.57. The fourth-order valence-electron chi connectivity index (χ4n) is 3.29. The number of benzene rings is 1. The number of anilines is 1. The van der Waals surface area contributed by atoms with E-state index in [4.69, 9.17) is 9.47 Å². The lowest BCUT2D eigenvalue weighted by molar-refractivity contribution is 0.102. The zero-order chi connectivity index (χ0) is 20.1. The molecule has 2 bridgehead atoms. The molecule has 0 saturated heterocycles. The van der Waals surface area contributed by atoms with Crippen LogP contribution in [0.15, 0.2) is 42.7 Å². The summed E-state index contributed by atoms with van der Waals surface area (Å²) in [5.74, 6) is 1.94. The van der Waals surface area contributed by atoms with Crippen LogP contribution in [0.25, 0.3) is 11.5 Å². The van der Waals surface area contributed by atoms with E-state index in [1.165, 1.54) is 0 Å². The Kier molecular flexibility index (Phi) is 5.69. The molecule has 0 unspecified atom stereocenters. The number of amides is 1. The highest BCUT2D eigenvalue weighted by Crippen LogP contribution is 2.26. The lowest BCUT2D eigenvalue weighted by Crippen LogP contribution is -2.15. The average Bonchev–Trinajstić information content (AvgIpc) is 3.21. The highest BCUT2D eigenvalue weighted by Gasteiger charge is 2.17. The number of nitrogens with zero attached hydrogens (tertiary/aromatic N) is 4. The van der Waals surface area contributed by atoms with Crippen LogP contribution in [0.4, 0.5) is 5.82 Å². The van der Waals surface area contributed by atoms with Gasteiger partial charge in [0.1, 0.15) is 29.3 Å². The van der Waals surface area contributed by atoms with Gasteiger partial charge in [0.25, 0.3) is 5.91 Å². The van der Waals surface area contributed by atoms with Gasteiger partial charge >= 0.3 is 0 Å². The SMILES string of the molecule is COc1ccc2c(c1)C(=O)Nc1cccc(n1)-c1nncn1CCCCCCO2. The van der Waals surface area contributed by atoms with Crippen LogP contribution in [0, 0.1) is 0 Å². The number of carbonyl (C=O) groups is 1. The Morgan fingerprint density at radius 1 is 1.14 bits per heavy atom. The number of fused-ring (bicyclic) bond motifs is 5. The van der Waals surface area contributed by atoms with Gasteiger partial charge in [-0.3, -0.25) is 4.79 Å². The van der Waals surface area contributed by atoms with Crippen LogP contribution in [-0.4, -0.2) is 39.4 Å². The minimum atomic E-state index is -0.308. The molecule has 3 heterocycles. The van der Waals surface area contributed by atoms with E-state index in [1.807, 2.05) is 16.7 Å². The number of nitrogens with one attached hydrogen (secondary N) is 1. The van der Waals surface area contributed by atoms with Crippen LogP contribution < -0.4 is 14.8 Å². The molecule has 8 heteroatoms. The summed E-state index contributed by atoms with van der Waals surface area (Å²) in [6, 6.07) is 10.7. The van der Waals surface area contributed by atoms with Crippen molar-refractivity contribution in [3.8, 4) is 23.0 Å². The maximum absolute atomic E-state index is 12.9. The molecule has 0 aliphatic carbocycles. The van der Waals surface area contributed by atoms with E-state index >= 15 is 0 Å². The number of rotatable bonds is 1. The Morgan fingerprint density at radius 3 is 2.93 bits per heavy atom. The minimum Gasteiger partial charge on any atom is -0.497 e. The van der Waals surface area contributed by atoms with Gasteiger partial charge in [0, 0.05) is 6.54 Å². The standard InChI is InChI=1S/C21H23N5O3/c1-28-15-9-10-18-16(13-15)21(27)24-19-8-6-7-17(23-19)20-25-22-14-26(20)11-4-2-3-5-12-29-18/h6-10,13-14H,2-5,11-12H2,1H3,(H,23,24,27). The fourth-order valence-corrected chi connectivity index (χ4v) is 3.29. The Morgan fingerprint density at radius 2 is 2.03 bits per heavy atom. The average molecular weight is 393 g/mol. The van der Waals surface area contributed by atoms with E-state index in [-0.39, 0.29) is 5.91 Å². The number of hydrogen-bond donors (Lipinski definition) is 1. The molecular weight excluding hydrogens is 370 g/mol.